The number of rotatable bonds is 2. The number of carbonyl (C=O) groups is 1. The molecule has 2 aliphatic rings. The number of ether oxygens (including phenoxy) is 1. The zero-order chi connectivity index (χ0) is 13.6. The number of benzene rings is 1. The molecule has 0 spiro atoms. The smallest absolute Gasteiger partial charge is 0.257 e. The van der Waals surface area contributed by atoms with Gasteiger partial charge in [-0.25, -0.2) is 0 Å². The number of hydrogen-bond donors (Lipinski definition) is 0. The topological polar surface area (TPSA) is 32.8 Å². The summed E-state index contributed by atoms with van der Waals surface area (Å²) in [4.78, 5) is 17.0. The van der Waals surface area contributed by atoms with E-state index >= 15 is 0 Å². The number of fused-ring (bicyclic) bond motifs is 2. The van der Waals surface area contributed by atoms with Crippen molar-refractivity contribution in [2.75, 3.05) is 27.2 Å². The number of hydrogen-bond acceptors (Lipinski definition) is 3. The summed E-state index contributed by atoms with van der Waals surface area (Å²) < 4.78 is 5.35. The Morgan fingerprint density at radius 1 is 1.32 bits per heavy atom. The van der Waals surface area contributed by atoms with E-state index in [9.17, 15) is 4.79 Å². The average molecular weight is 260 g/mol. The number of likely N-dealkylation sites (N-methyl/N-ethyl adjacent to an activating group) is 1. The first kappa shape index (κ1) is 12.5. The molecule has 0 aliphatic carbocycles. The lowest BCUT2D eigenvalue weighted by Gasteiger charge is -2.32. The maximum Gasteiger partial charge on any atom is 0.257 e. The Balaban J connectivity index is 1.85. The maximum absolute atomic E-state index is 12.7. The molecule has 19 heavy (non-hydrogen) atoms. The van der Waals surface area contributed by atoms with Crippen LogP contribution < -0.4 is 4.74 Å². The van der Waals surface area contributed by atoms with Crippen LogP contribution in [0, 0.1) is 6.92 Å². The van der Waals surface area contributed by atoms with E-state index in [2.05, 4.69) is 11.9 Å². The van der Waals surface area contributed by atoms with E-state index in [1.165, 1.54) is 0 Å². The molecule has 4 nitrogen and oxygen atoms in total. The van der Waals surface area contributed by atoms with E-state index in [0.29, 0.717) is 23.4 Å². The molecular formula is C15H20N2O2. The molecule has 0 unspecified atom stereocenters. The summed E-state index contributed by atoms with van der Waals surface area (Å²) in [5, 5.41) is 0. The Morgan fingerprint density at radius 3 is 2.68 bits per heavy atom. The molecule has 0 aromatic heterocycles. The highest BCUT2D eigenvalue weighted by atomic mass is 16.5. The highest BCUT2D eigenvalue weighted by molar-refractivity contribution is 5.97. The zero-order valence-electron chi connectivity index (χ0n) is 11.7. The molecule has 2 heterocycles. The monoisotopic (exact) mass is 260 g/mol. The predicted molar refractivity (Wildman–Crippen MR) is 73.6 cm³/mol. The molecule has 102 valence electrons. The van der Waals surface area contributed by atoms with Crippen LogP contribution in [0.15, 0.2) is 18.2 Å². The number of nitrogens with zero attached hydrogens (tertiary/aromatic N) is 2. The van der Waals surface area contributed by atoms with Crippen molar-refractivity contribution in [1.82, 2.24) is 9.80 Å². The van der Waals surface area contributed by atoms with E-state index in [0.717, 1.165) is 25.1 Å². The third kappa shape index (κ3) is 2.00. The van der Waals surface area contributed by atoms with Crippen LogP contribution in [-0.2, 0) is 0 Å². The fourth-order valence-corrected chi connectivity index (χ4v) is 3.24. The standard InChI is InChI=1S/C15H20N2O2/c1-10-4-5-13(14(6-10)19-3)15(18)17-9-11-7-12(17)8-16(11)2/h4-6,11-12H,7-9H2,1-3H3/t11-,12-/m1/s1. The van der Waals surface area contributed by atoms with Crippen LogP contribution in [0.25, 0.3) is 0 Å². The van der Waals surface area contributed by atoms with Crippen LogP contribution >= 0.6 is 0 Å². The lowest BCUT2D eigenvalue weighted by Crippen LogP contribution is -2.47. The number of likely N-dealkylation sites (tertiary alicyclic amines) is 2. The number of aryl methyl sites for hydroxylation is 1. The van der Waals surface area contributed by atoms with Gasteiger partial charge in [-0.2, -0.15) is 0 Å². The maximum atomic E-state index is 12.7. The second-order valence-corrected chi connectivity index (χ2v) is 5.64. The third-order valence-electron chi connectivity index (χ3n) is 4.36. The van der Waals surface area contributed by atoms with E-state index in [1.54, 1.807) is 7.11 Å². The first-order chi connectivity index (χ1) is 9.10. The summed E-state index contributed by atoms with van der Waals surface area (Å²) in [6.45, 7) is 3.84. The quantitative estimate of drug-likeness (QED) is 0.808. The molecule has 0 radical (unpaired) electrons. The summed E-state index contributed by atoms with van der Waals surface area (Å²) in [5.74, 6) is 0.790. The molecule has 4 heteroatoms. The van der Waals surface area contributed by atoms with Gasteiger partial charge >= 0.3 is 0 Å². The van der Waals surface area contributed by atoms with Crippen LogP contribution in [0.4, 0.5) is 0 Å². The summed E-state index contributed by atoms with van der Waals surface area (Å²) in [6.07, 6.45) is 1.11. The van der Waals surface area contributed by atoms with Crippen molar-refractivity contribution in [3.63, 3.8) is 0 Å². The van der Waals surface area contributed by atoms with Crippen LogP contribution in [-0.4, -0.2) is 55.0 Å². The van der Waals surface area contributed by atoms with Crippen LogP contribution in [0.1, 0.15) is 22.3 Å². The Kier molecular flexibility index (Phi) is 2.97. The molecule has 2 saturated heterocycles. The number of methoxy groups -OCH3 is 1. The average Bonchev–Trinajstić information content (AvgIpc) is 2.96. The predicted octanol–water partition coefficient (Wildman–Crippen LogP) is 1.53. The van der Waals surface area contributed by atoms with Gasteiger partial charge in [0.15, 0.2) is 0 Å². The van der Waals surface area contributed by atoms with Crippen molar-refractivity contribution in [3.8, 4) is 5.75 Å². The van der Waals surface area contributed by atoms with Crippen LogP contribution in [0.5, 0.6) is 5.75 Å². The first-order valence-corrected chi connectivity index (χ1v) is 6.76. The largest absolute Gasteiger partial charge is 0.496 e. The Hall–Kier alpha value is -1.55. The lowest BCUT2D eigenvalue weighted by molar-refractivity contribution is 0.0647. The molecule has 0 N–H and O–H groups in total. The van der Waals surface area contributed by atoms with Crippen molar-refractivity contribution in [1.29, 1.82) is 0 Å². The van der Waals surface area contributed by atoms with Gasteiger partial charge in [-0.05, 0) is 38.1 Å². The van der Waals surface area contributed by atoms with E-state index < -0.39 is 0 Å². The third-order valence-corrected chi connectivity index (χ3v) is 4.36. The first-order valence-electron chi connectivity index (χ1n) is 6.76. The number of amides is 1. The van der Waals surface area contributed by atoms with Crippen molar-refractivity contribution in [2.24, 2.45) is 0 Å². The molecule has 2 bridgehead atoms. The molecule has 2 atom stereocenters. The van der Waals surface area contributed by atoms with Crippen molar-refractivity contribution in [3.05, 3.63) is 29.3 Å². The van der Waals surface area contributed by atoms with Crippen molar-refractivity contribution in [2.45, 2.75) is 25.4 Å². The highest BCUT2D eigenvalue weighted by Gasteiger charge is 2.44. The molecule has 1 aromatic rings. The molecule has 0 saturated carbocycles. The van der Waals surface area contributed by atoms with Gasteiger partial charge in [-0.3, -0.25) is 9.69 Å². The number of piperazine rings is 1. The van der Waals surface area contributed by atoms with Crippen molar-refractivity contribution < 1.29 is 9.53 Å². The van der Waals surface area contributed by atoms with E-state index in [4.69, 9.17) is 4.74 Å². The van der Waals surface area contributed by atoms with Gasteiger partial charge < -0.3 is 9.64 Å². The van der Waals surface area contributed by atoms with Gasteiger partial charge in [0.05, 0.1) is 12.7 Å². The summed E-state index contributed by atoms with van der Waals surface area (Å²) in [5.41, 5.74) is 1.79. The molecule has 1 aromatic carbocycles. The highest BCUT2D eigenvalue weighted by Crippen LogP contribution is 2.32. The van der Waals surface area contributed by atoms with Gasteiger partial charge in [-0.15, -0.1) is 0 Å². The minimum absolute atomic E-state index is 0.109. The molecule has 1 amide bonds. The van der Waals surface area contributed by atoms with Crippen LogP contribution in [0.3, 0.4) is 0 Å². The fourth-order valence-electron chi connectivity index (χ4n) is 3.24. The summed E-state index contributed by atoms with van der Waals surface area (Å²) in [6, 6.07) is 6.68. The van der Waals surface area contributed by atoms with Gasteiger partial charge in [0.2, 0.25) is 0 Å². The fraction of sp³-hybridized carbons (Fsp3) is 0.533. The summed E-state index contributed by atoms with van der Waals surface area (Å²) in [7, 11) is 3.76. The van der Waals surface area contributed by atoms with Crippen LogP contribution in [0.2, 0.25) is 0 Å². The normalized spacial score (nSPS) is 25.9. The van der Waals surface area contributed by atoms with E-state index in [-0.39, 0.29) is 5.91 Å². The Bertz CT molecular complexity index is 513. The van der Waals surface area contributed by atoms with E-state index in [1.807, 2.05) is 30.0 Å². The minimum Gasteiger partial charge on any atom is -0.496 e. The minimum atomic E-state index is 0.109. The van der Waals surface area contributed by atoms with Gasteiger partial charge in [0.1, 0.15) is 5.75 Å². The Morgan fingerprint density at radius 2 is 2.11 bits per heavy atom. The summed E-state index contributed by atoms with van der Waals surface area (Å²) >= 11 is 0. The van der Waals surface area contributed by atoms with Gasteiger partial charge in [0, 0.05) is 25.2 Å². The van der Waals surface area contributed by atoms with Crippen molar-refractivity contribution >= 4 is 5.91 Å². The molecule has 3 rings (SSSR count). The lowest BCUT2D eigenvalue weighted by atomic mass is 10.1. The molecular weight excluding hydrogens is 240 g/mol. The Labute approximate surface area is 113 Å². The zero-order valence-corrected chi connectivity index (χ0v) is 11.7. The second-order valence-electron chi connectivity index (χ2n) is 5.64. The second kappa shape index (κ2) is 4.53. The number of carbonyl (C=O) groups excluding carboxylic acids is 1. The SMILES string of the molecule is COc1cc(C)ccc1C(=O)N1C[C@H]2C[C@@H]1CN2C. The molecule has 2 aliphatic heterocycles. The van der Waals surface area contributed by atoms with Gasteiger partial charge in [0.25, 0.3) is 5.91 Å². The van der Waals surface area contributed by atoms with Gasteiger partial charge in [-0.1, -0.05) is 6.07 Å². The molecule has 2 fully saturated rings.